The molecule has 1 heterocycles. The molecule has 0 spiro atoms. The highest BCUT2D eigenvalue weighted by Gasteiger charge is 2.15. The molecule has 1 saturated heterocycles. The minimum atomic E-state index is 0.798. The summed E-state index contributed by atoms with van der Waals surface area (Å²) in [5, 5.41) is 0. The molecule has 1 aromatic carbocycles. The summed E-state index contributed by atoms with van der Waals surface area (Å²) in [7, 11) is 0. The van der Waals surface area contributed by atoms with Crippen molar-refractivity contribution in [3.8, 4) is 12.3 Å². The average molecular weight is 228 g/mol. The largest absolute Gasteiger partial charge is 0.300 e. The summed E-state index contributed by atoms with van der Waals surface area (Å²) < 4.78 is 0. The van der Waals surface area contributed by atoms with E-state index in [9.17, 15) is 0 Å². The van der Waals surface area contributed by atoms with Gasteiger partial charge in [-0.2, -0.15) is 0 Å². The summed E-state index contributed by atoms with van der Waals surface area (Å²) in [5.74, 6) is 2.72. The van der Waals surface area contributed by atoms with E-state index < -0.39 is 0 Å². The highest BCUT2D eigenvalue weighted by molar-refractivity contribution is 5.14. The molecule has 0 aromatic heterocycles. The van der Waals surface area contributed by atoms with Gasteiger partial charge in [0.2, 0.25) is 0 Å². The molecule has 1 aliphatic heterocycles. The molecular formula is C15H20N2. The molecule has 0 atom stereocenters. The Hall–Kier alpha value is -1.30. The molecule has 17 heavy (non-hydrogen) atoms. The number of hydrogen-bond donors (Lipinski definition) is 0. The van der Waals surface area contributed by atoms with E-state index in [2.05, 4.69) is 46.1 Å². The maximum atomic E-state index is 5.32. The lowest BCUT2D eigenvalue weighted by Gasteiger charge is -2.33. The Balaban J connectivity index is 1.70. The molecule has 1 aliphatic rings. The molecule has 0 amide bonds. The lowest BCUT2D eigenvalue weighted by molar-refractivity contribution is 0.145. The minimum Gasteiger partial charge on any atom is -0.300 e. The van der Waals surface area contributed by atoms with Gasteiger partial charge in [-0.1, -0.05) is 36.3 Å². The normalized spacial score (nSPS) is 17.8. The van der Waals surface area contributed by atoms with E-state index in [0.29, 0.717) is 0 Å². The smallest absolute Gasteiger partial charge is 0.0599 e. The first-order chi connectivity index (χ1) is 8.38. The molecule has 0 unspecified atom stereocenters. The van der Waals surface area contributed by atoms with E-state index >= 15 is 0 Å². The molecule has 0 aliphatic carbocycles. The van der Waals surface area contributed by atoms with Crippen molar-refractivity contribution < 1.29 is 0 Å². The van der Waals surface area contributed by atoms with Gasteiger partial charge in [-0.3, -0.25) is 4.90 Å². The molecule has 2 nitrogen and oxygen atoms in total. The van der Waals surface area contributed by atoms with Gasteiger partial charge in [-0.25, -0.2) is 0 Å². The Labute approximate surface area is 104 Å². The van der Waals surface area contributed by atoms with Crippen LogP contribution in [0.15, 0.2) is 30.3 Å². The van der Waals surface area contributed by atoms with Gasteiger partial charge in [-0.05, 0) is 12.0 Å². The average Bonchev–Trinajstić information content (AvgIpc) is 2.40. The molecule has 0 N–H and O–H groups in total. The Morgan fingerprint density at radius 1 is 1.00 bits per heavy atom. The number of nitrogens with zero attached hydrogens (tertiary/aromatic N) is 2. The first kappa shape index (κ1) is 12.2. The maximum Gasteiger partial charge on any atom is 0.0599 e. The predicted molar refractivity (Wildman–Crippen MR) is 71.9 cm³/mol. The van der Waals surface area contributed by atoms with E-state index in [-0.39, 0.29) is 0 Å². The van der Waals surface area contributed by atoms with Crippen molar-refractivity contribution in [1.29, 1.82) is 0 Å². The zero-order chi connectivity index (χ0) is 11.9. The van der Waals surface area contributed by atoms with E-state index in [1.807, 2.05) is 0 Å². The lowest BCUT2D eigenvalue weighted by Crippen LogP contribution is -2.46. The fourth-order valence-corrected chi connectivity index (χ4v) is 2.23. The van der Waals surface area contributed by atoms with E-state index in [1.54, 1.807) is 0 Å². The number of hydrogen-bond acceptors (Lipinski definition) is 2. The fourth-order valence-electron chi connectivity index (χ4n) is 2.23. The van der Waals surface area contributed by atoms with E-state index in [1.165, 1.54) is 5.56 Å². The van der Waals surface area contributed by atoms with Gasteiger partial charge in [0.15, 0.2) is 0 Å². The van der Waals surface area contributed by atoms with Crippen molar-refractivity contribution >= 4 is 0 Å². The highest BCUT2D eigenvalue weighted by atomic mass is 15.3. The van der Waals surface area contributed by atoms with Crippen molar-refractivity contribution in [2.24, 2.45) is 0 Å². The van der Waals surface area contributed by atoms with E-state index in [4.69, 9.17) is 6.42 Å². The Morgan fingerprint density at radius 2 is 1.65 bits per heavy atom. The molecule has 2 heteroatoms. The van der Waals surface area contributed by atoms with E-state index in [0.717, 1.165) is 45.7 Å². The number of benzene rings is 1. The van der Waals surface area contributed by atoms with Crippen LogP contribution in [-0.2, 0) is 6.42 Å². The van der Waals surface area contributed by atoms with Gasteiger partial charge in [-0.15, -0.1) is 6.42 Å². The molecule has 90 valence electrons. The Bertz CT molecular complexity index is 358. The molecule has 1 fully saturated rings. The molecular weight excluding hydrogens is 208 g/mol. The third kappa shape index (κ3) is 3.89. The van der Waals surface area contributed by atoms with Gasteiger partial charge in [0.1, 0.15) is 0 Å². The summed E-state index contributed by atoms with van der Waals surface area (Å²) in [6.45, 7) is 6.47. The number of rotatable bonds is 4. The van der Waals surface area contributed by atoms with Crippen molar-refractivity contribution in [3.63, 3.8) is 0 Å². The van der Waals surface area contributed by atoms with Crippen molar-refractivity contribution in [1.82, 2.24) is 9.80 Å². The van der Waals surface area contributed by atoms with Crippen molar-refractivity contribution in [2.75, 3.05) is 39.3 Å². The molecule has 0 radical (unpaired) electrons. The molecule has 0 bridgehead atoms. The lowest BCUT2D eigenvalue weighted by atomic mass is 10.1. The van der Waals surface area contributed by atoms with Crippen molar-refractivity contribution in [3.05, 3.63) is 35.9 Å². The second kappa shape index (κ2) is 6.44. The standard InChI is InChI=1S/C15H20N2/c1-2-9-16-11-13-17(14-12-16)10-8-15-6-4-3-5-7-15/h1,3-7H,8-14H2. The molecule has 2 rings (SSSR count). The summed E-state index contributed by atoms with van der Waals surface area (Å²) >= 11 is 0. The summed E-state index contributed by atoms with van der Waals surface area (Å²) in [6.07, 6.45) is 6.47. The van der Waals surface area contributed by atoms with Crippen LogP contribution in [0.25, 0.3) is 0 Å². The SMILES string of the molecule is C#CCN1CCN(CCc2ccccc2)CC1. The highest BCUT2D eigenvalue weighted by Crippen LogP contribution is 2.05. The quantitative estimate of drug-likeness (QED) is 0.720. The molecule has 0 saturated carbocycles. The van der Waals surface area contributed by atoms with Gasteiger partial charge in [0.25, 0.3) is 0 Å². The van der Waals surface area contributed by atoms with Crippen LogP contribution in [0.3, 0.4) is 0 Å². The topological polar surface area (TPSA) is 6.48 Å². The van der Waals surface area contributed by atoms with Crippen LogP contribution in [0.4, 0.5) is 0 Å². The van der Waals surface area contributed by atoms with Crippen LogP contribution in [0.1, 0.15) is 5.56 Å². The van der Waals surface area contributed by atoms with Gasteiger partial charge >= 0.3 is 0 Å². The van der Waals surface area contributed by atoms with Crippen LogP contribution < -0.4 is 0 Å². The van der Waals surface area contributed by atoms with Gasteiger partial charge in [0, 0.05) is 32.7 Å². The van der Waals surface area contributed by atoms with Crippen LogP contribution in [0, 0.1) is 12.3 Å². The predicted octanol–water partition coefficient (Wildman–Crippen LogP) is 1.48. The Morgan fingerprint density at radius 3 is 2.29 bits per heavy atom. The monoisotopic (exact) mass is 228 g/mol. The maximum absolute atomic E-state index is 5.32. The van der Waals surface area contributed by atoms with Crippen LogP contribution >= 0.6 is 0 Å². The second-order valence-electron chi connectivity index (χ2n) is 4.56. The van der Waals surface area contributed by atoms with Crippen LogP contribution in [0.2, 0.25) is 0 Å². The Kier molecular flexibility index (Phi) is 4.61. The van der Waals surface area contributed by atoms with Crippen LogP contribution in [-0.4, -0.2) is 49.1 Å². The van der Waals surface area contributed by atoms with Crippen molar-refractivity contribution in [2.45, 2.75) is 6.42 Å². The number of terminal acetylenes is 1. The molecule has 1 aromatic rings. The third-order valence-corrected chi connectivity index (χ3v) is 3.34. The minimum absolute atomic E-state index is 0.798. The summed E-state index contributed by atoms with van der Waals surface area (Å²) in [6, 6.07) is 10.7. The zero-order valence-electron chi connectivity index (χ0n) is 10.3. The summed E-state index contributed by atoms with van der Waals surface area (Å²) in [5.41, 5.74) is 1.43. The zero-order valence-corrected chi connectivity index (χ0v) is 10.3. The van der Waals surface area contributed by atoms with Crippen LogP contribution in [0.5, 0.6) is 0 Å². The third-order valence-electron chi connectivity index (χ3n) is 3.34. The first-order valence-electron chi connectivity index (χ1n) is 6.30. The fraction of sp³-hybridized carbons (Fsp3) is 0.467. The van der Waals surface area contributed by atoms with Gasteiger partial charge in [0.05, 0.1) is 6.54 Å². The first-order valence-corrected chi connectivity index (χ1v) is 6.30. The van der Waals surface area contributed by atoms with Gasteiger partial charge < -0.3 is 4.90 Å². The summed E-state index contributed by atoms with van der Waals surface area (Å²) in [4.78, 5) is 4.87. The number of piperazine rings is 1. The second-order valence-corrected chi connectivity index (χ2v) is 4.56.